The molecule has 1 amide bonds. The first-order valence-electron chi connectivity index (χ1n) is 11.8. The van der Waals surface area contributed by atoms with Gasteiger partial charge in [0.1, 0.15) is 17.8 Å². The molecule has 9 nitrogen and oxygen atoms in total. The van der Waals surface area contributed by atoms with E-state index in [-0.39, 0.29) is 11.6 Å². The molecule has 0 atom stereocenters. The van der Waals surface area contributed by atoms with Crippen LogP contribution in [0.3, 0.4) is 0 Å². The summed E-state index contributed by atoms with van der Waals surface area (Å²) in [5.41, 5.74) is 3.45. The zero-order chi connectivity index (χ0) is 25.2. The smallest absolute Gasteiger partial charge is 0.287 e. The Morgan fingerprint density at radius 3 is 2.53 bits per heavy atom. The maximum atomic E-state index is 14.1. The van der Waals surface area contributed by atoms with Gasteiger partial charge in [0.2, 0.25) is 0 Å². The van der Waals surface area contributed by atoms with E-state index in [2.05, 4.69) is 14.5 Å². The van der Waals surface area contributed by atoms with Gasteiger partial charge in [-0.1, -0.05) is 30.3 Å². The highest BCUT2D eigenvalue weighted by atomic mass is 16.6. The summed E-state index contributed by atoms with van der Waals surface area (Å²) in [7, 11) is 3.61. The lowest BCUT2D eigenvalue weighted by Crippen LogP contribution is -2.35. The molecule has 1 aliphatic rings. The highest BCUT2D eigenvalue weighted by Gasteiger charge is 2.28. The first-order chi connectivity index (χ1) is 17.5. The molecule has 0 unspecified atom stereocenters. The van der Waals surface area contributed by atoms with E-state index in [1.165, 1.54) is 12.3 Å². The zero-order valence-electron chi connectivity index (χ0n) is 20.3. The van der Waals surface area contributed by atoms with Gasteiger partial charge in [-0.3, -0.25) is 14.9 Å². The van der Waals surface area contributed by atoms with Crippen LogP contribution in [0.5, 0.6) is 5.75 Å². The predicted molar refractivity (Wildman–Crippen MR) is 139 cm³/mol. The highest BCUT2D eigenvalue weighted by molar-refractivity contribution is 6.13. The molecule has 0 aliphatic carbocycles. The minimum Gasteiger partial charge on any atom is -0.497 e. The molecule has 2 aromatic carbocycles. The standard InChI is InChI=1S/C27H27N5O4/c1-29-23-11-10-21(36-2)17-22(23)25(26(29)19-7-4-3-5-8-19)27(33)31-14-6-13-30(15-16-31)24-12-9-20(18-28-24)32(34)35/h3-5,7-12,17-18H,6,13-16H2,1-2H3. The van der Waals surface area contributed by atoms with Crippen LogP contribution >= 0.6 is 0 Å². The van der Waals surface area contributed by atoms with Crippen LogP contribution < -0.4 is 9.64 Å². The van der Waals surface area contributed by atoms with Crippen molar-refractivity contribution in [2.75, 3.05) is 38.2 Å². The van der Waals surface area contributed by atoms with Gasteiger partial charge in [-0.05, 0) is 36.2 Å². The topological polar surface area (TPSA) is 93.7 Å². The lowest BCUT2D eigenvalue weighted by molar-refractivity contribution is -0.385. The molecule has 1 saturated heterocycles. The van der Waals surface area contributed by atoms with E-state index < -0.39 is 4.92 Å². The molecular weight excluding hydrogens is 458 g/mol. The van der Waals surface area contributed by atoms with Gasteiger partial charge < -0.3 is 19.1 Å². The summed E-state index contributed by atoms with van der Waals surface area (Å²) in [6.45, 7) is 2.43. The Morgan fingerprint density at radius 2 is 1.83 bits per heavy atom. The SMILES string of the molecule is COc1ccc2c(c1)c(C(=O)N1CCCN(c3ccc([N+](=O)[O-])cn3)CC1)c(-c1ccccc1)n2C. The number of benzene rings is 2. The summed E-state index contributed by atoms with van der Waals surface area (Å²) in [5, 5.41) is 11.8. The number of carbonyl (C=O) groups excluding carboxylic acids is 1. The summed E-state index contributed by atoms with van der Waals surface area (Å²) in [5.74, 6) is 1.36. The van der Waals surface area contributed by atoms with Crippen LogP contribution in [-0.2, 0) is 7.05 Å². The molecule has 5 rings (SSSR count). The number of carbonyl (C=O) groups is 1. The lowest BCUT2D eigenvalue weighted by atomic mass is 10.0. The number of pyridine rings is 1. The number of ether oxygens (including phenoxy) is 1. The van der Waals surface area contributed by atoms with Crippen molar-refractivity contribution in [1.82, 2.24) is 14.5 Å². The lowest BCUT2D eigenvalue weighted by Gasteiger charge is -2.23. The second-order valence-corrected chi connectivity index (χ2v) is 8.80. The number of anilines is 1. The predicted octanol–water partition coefficient (Wildman–Crippen LogP) is 4.51. The molecule has 0 radical (unpaired) electrons. The third-order valence-corrected chi connectivity index (χ3v) is 6.72. The van der Waals surface area contributed by atoms with E-state index in [9.17, 15) is 14.9 Å². The normalized spacial score (nSPS) is 14.1. The Hall–Kier alpha value is -4.40. The fourth-order valence-corrected chi connectivity index (χ4v) is 4.88. The zero-order valence-corrected chi connectivity index (χ0v) is 20.3. The number of fused-ring (bicyclic) bond motifs is 1. The van der Waals surface area contributed by atoms with Crippen LogP contribution in [0.1, 0.15) is 16.8 Å². The van der Waals surface area contributed by atoms with E-state index in [0.29, 0.717) is 43.3 Å². The van der Waals surface area contributed by atoms with Crippen LogP contribution in [0.4, 0.5) is 11.5 Å². The van der Waals surface area contributed by atoms with Gasteiger partial charge in [0.25, 0.3) is 11.6 Å². The summed E-state index contributed by atoms with van der Waals surface area (Å²) in [4.78, 5) is 32.8. The molecule has 0 N–H and O–H groups in total. The summed E-state index contributed by atoms with van der Waals surface area (Å²) < 4.78 is 7.55. The maximum absolute atomic E-state index is 14.1. The number of nitrogens with zero attached hydrogens (tertiary/aromatic N) is 5. The van der Waals surface area contributed by atoms with Gasteiger partial charge in [0, 0.05) is 50.2 Å². The molecule has 36 heavy (non-hydrogen) atoms. The van der Waals surface area contributed by atoms with Crippen LogP contribution in [-0.4, -0.2) is 58.6 Å². The second-order valence-electron chi connectivity index (χ2n) is 8.80. The van der Waals surface area contributed by atoms with Crippen molar-refractivity contribution in [3.8, 4) is 17.0 Å². The van der Waals surface area contributed by atoms with Crippen molar-refractivity contribution >= 4 is 28.3 Å². The van der Waals surface area contributed by atoms with Crippen LogP contribution in [0.25, 0.3) is 22.2 Å². The quantitative estimate of drug-likeness (QED) is 0.305. The van der Waals surface area contributed by atoms with Gasteiger partial charge in [-0.2, -0.15) is 0 Å². The average Bonchev–Trinajstić information content (AvgIpc) is 3.04. The summed E-state index contributed by atoms with van der Waals surface area (Å²) >= 11 is 0. The highest BCUT2D eigenvalue weighted by Crippen LogP contribution is 2.36. The van der Waals surface area contributed by atoms with E-state index in [4.69, 9.17) is 4.74 Å². The molecule has 0 spiro atoms. The van der Waals surface area contributed by atoms with Gasteiger partial charge >= 0.3 is 0 Å². The van der Waals surface area contributed by atoms with Crippen LogP contribution in [0, 0.1) is 10.1 Å². The Labute approximate surface area is 208 Å². The van der Waals surface area contributed by atoms with Crippen molar-refractivity contribution in [1.29, 1.82) is 0 Å². The second kappa shape index (κ2) is 9.69. The van der Waals surface area contributed by atoms with Crippen molar-refractivity contribution in [2.24, 2.45) is 7.05 Å². The maximum Gasteiger partial charge on any atom is 0.287 e. The Morgan fingerprint density at radius 1 is 1.03 bits per heavy atom. The van der Waals surface area contributed by atoms with E-state index in [0.717, 1.165) is 28.6 Å². The molecule has 1 fully saturated rings. The average molecular weight is 486 g/mol. The molecule has 0 saturated carbocycles. The minimum atomic E-state index is -0.455. The monoisotopic (exact) mass is 485 g/mol. The molecule has 9 heteroatoms. The summed E-state index contributed by atoms with van der Waals surface area (Å²) in [6, 6.07) is 18.9. The molecular formula is C27H27N5O4. The number of rotatable bonds is 5. The molecule has 1 aliphatic heterocycles. The molecule has 2 aromatic heterocycles. The summed E-state index contributed by atoms with van der Waals surface area (Å²) in [6.07, 6.45) is 2.04. The van der Waals surface area contributed by atoms with E-state index >= 15 is 0 Å². The largest absolute Gasteiger partial charge is 0.497 e. The van der Waals surface area contributed by atoms with E-state index in [1.54, 1.807) is 13.2 Å². The van der Waals surface area contributed by atoms with Gasteiger partial charge in [0.15, 0.2) is 0 Å². The number of nitro groups is 1. The van der Waals surface area contributed by atoms with Crippen molar-refractivity contribution in [2.45, 2.75) is 6.42 Å². The third kappa shape index (κ3) is 4.24. The molecule has 0 bridgehead atoms. The van der Waals surface area contributed by atoms with Gasteiger partial charge in [-0.25, -0.2) is 4.98 Å². The number of aromatic nitrogens is 2. The Bertz CT molecular complexity index is 1420. The molecule has 4 aromatic rings. The molecule has 3 heterocycles. The Balaban J connectivity index is 1.48. The van der Waals surface area contributed by atoms with Crippen LogP contribution in [0.15, 0.2) is 66.9 Å². The first-order valence-corrected chi connectivity index (χ1v) is 11.8. The van der Waals surface area contributed by atoms with Crippen molar-refractivity contribution in [3.63, 3.8) is 0 Å². The number of aryl methyl sites for hydroxylation is 1. The van der Waals surface area contributed by atoms with Crippen molar-refractivity contribution < 1.29 is 14.5 Å². The third-order valence-electron chi connectivity index (χ3n) is 6.72. The first kappa shape index (κ1) is 23.3. The Kier molecular flexibility index (Phi) is 6.28. The van der Waals surface area contributed by atoms with Gasteiger partial charge in [0.05, 0.1) is 23.3 Å². The number of hydrogen-bond donors (Lipinski definition) is 0. The van der Waals surface area contributed by atoms with Gasteiger partial charge in [-0.15, -0.1) is 0 Å². The number of amides is 1. The molecule has 184 valence electrons. The minimum absolute atomic E-state index is 0.0220. The number of hydrogen-bond acceptors (Lipinski definition) is 6. The fourth-order valence-electron chi connectivity index (χ4n) is 4.88. The number of methoxy groups -OCH3 is 1. The van der Waals surface area contributed by atoms with Crippen molar-refractivity contribution in [3.05, 3.63) is 82.5 Å². The van der Waals surface area contributed by atoms with E-state index in [1.807, 2.05) is 60.5 Å². The fraction of sp³-hybridized carbons (Fsp3) is 0.259. The van der Waals surface area contributed by atoms with Crippen LogP contribution in [0.2, 0.25) is 0 Å².